The van der Waals surface area contributed by atoms with Crippen molar-refractivity contribution in [1.29, 1.82) is 0 Å². The average Bonchev–Trinajstić information content (AvgIpc) is 2.59. The number of methoxy groups -OCH3 is 1. The quantitative estimate of drug-likeness (QED) is 0.795. The Kier molecular flexibility index (Phi) is 6.17. The predicted molar refractivity (Wildman–Crippen MR) is 90.7 cm³/mol. The summed E-state index contributed by atoms with van der Waals surface area (Å²) in [5, 5.41) is 2.74. The van der Waals surface area contributed by atoms with Gasteiger partial charge in [0.25, 0.3) is 0 Å². The smallest absolute Gasteiger partial charge is 0.248 e. The molecule has 0 aliphatic carbocycles. The maximum Gasteiger partial charge on any atom is 0.248 e. The van der Waals surface area contributed by atoms with E-state index in [9.17, 15) is 4.79 Å². The number of amides is 1. The first-order valence-electron chi connectivity index (χ1n) is 7.43. The molecule has 1 heterocycles. The fourth-order valence-electron chi connectivity index (χ4n) is 1.91. The Morgan fingerprint density at radius 3 is 2.87 bits per heavy atom. The van der Waals surface area contributed by atoms with Crippen molar-refractivity contribution < 1.29 is 14.3 Å². The second-order valence-electron chi connectivity index (χ2n) is 4.82. The molecule has 5 heteroatoms. The molecule has 0 aliphatic rings. The lowest BCUT2D eigenvalue weighted by atomic mass is 10.2. The number of anilines is 1. The van der Waals surface area contributed by atoms with Gasteiger partial charge in [0, 0.05) is 12.3 Å². The van der Waals surface area contributed by atoms with Gasteiger partial charge in [-0.25, -0.2) is 0 Å². The average molecular weight is 312 g/mol. The van der Waals surface area contributed by atoms with Crippen LogP contribution < -0.4 is 14.8 Å². The van der Waals surface area contributed by atoms with Gasteiger partial charge < -0.3 is 14.8 Å². The Morgan fingerprint density at radius 2 is 2.17 bits per heavy atom. The molecule has 1 N–H and O–H groups in total. The molecule has 5 nitrogen and oxygen atoms in total. The molecule has 2 aromatic rings. The Morgan fingerprint density at radius 1 is 1.30 bits per heavy atom. The number of carbonyl (C=O) groups excluding carboxylic acids is 1. The zero-order valence-electron chi connectivity index (χ0n) is 13.3. The number of aromatic nitrogens is 1. The standard InChI is InChI=1S/C18H20N2O3/c1-3-11-23-16-8-6-14(12-17(16)22-2)7-9-18(21)20-15-5-4-10-19-13-15/h4-10,12-13H,3,11H2,1-2H3,(H,20,21)/b9-7+. The minimum absolute atomic E-state index is 0.219. The van der Waals surface area contributed by atoms with Gasteiger partial charge in [0.1, 0.15) is 0 Å². The van der Waals surface area contributed by atoms with Gasteiger partial charge in [-0.1, -0.05) is 13.0 Å². The van der Waals surface area contributed by atoms with Crippen molar-refractivity contribution in [2.75, 3.05) is 19.0 Å². The van der Waals surface area contributed by atoms with Crippen LogP contribution in [0.3, 0.4) is 0 Å². The van der Waals surface area contributed by atoms with E-state index in [1.165, 1.54) is 6.08 Å². The van der Waals surface area contributed by atoms with E-state index < -0.39 is 0 Å². The second kappa shape index (κ2) is 8.58. The number of hydrogen-bond donors (Lipinski definition) is 1. The first kappa shape index (κ1) is 16.5. The van der Waals surface area contributed by atoms with Crippen molar-refractivity contribution >= 4 is 17.7 Å². The number of carbonyl (C=O) groups is 1. The van der Waals surface area contributed by atoms with Gasteiger partial charge in [-0.05, 0) is 42.3 Å². The summed E-state index contributed by atoms with van der Waals surface area (Å²) in [5.41, 5.74) is 1.51. The molecule has 120 valence electrons. The van der Waals surface area contributed by atoms with Crippen molar-refractivity contribution in [3.8, 4) is 11.5 Å². The highest BCUT2D eigenvalue weighted by Crippen LogP contribution is 2.28. The van der Waals surface area contributed by atoms with E-state index in [1.807, 2.05) is 25.1 Å². The molecule has 1 aromatic carbocycles. The van der Waals surface area contributed by atoms with Gasteiger partial charge in [-0.3, -0.25) is 9.78 Å². The third-order valence-electron chi connectivity index (χ3n) is 3.01. The van der Waals surface area contributed by atoms with E-state index in [4.69, 9.17) is 9.47 Å². The molecule has 23 heavy (non-hydrogen) atoms. The Labute approximate surface area is 136 Å². The topological polar surface area (TPSA) is 60.5 Å². The maximum atomic E-state index is 11.9. The number of nitrogens with zero attached hydrogens (tertiary/aromatic N) is 1. The summed E-state index contributed by atoms with van der Waals surface area (Å²) in [6.07, 6.45) is 7.36. The molecule has 0 unspecified atom stereocenters. The van der Waals surface area contributed by atoms with Crippen molar-refractivity contribution in [3.05, 3.63) is 54.4 Å². The van der Waals surface area contributed by atoms with Gasteiger partial charge in [0.2, 0.25) is 5.91 Å². The fraction of sp³-hybridized carbons (Fsp3) is 0.222. The van der Waals surface area contributed by atoms with E-state index >= 15 is 0 Å². The van der Waals surface area contributed by atoms with Crippen LogP contribution in [-0.2, 0) is 4.79 Å². The van der Waals surface area contributed by atoms with Crippen molar-refractivity contribution in [1.82, 2.24) is 4.98 Å². The Hall–Kier alpha value is -2.82. The zero-order valence-corrected chi connectivity index (χ0v) is 13.3. The summed E-state index contributed by atoms with van der Waals surface area (Å²) in [6, 6.07) is 9.09. The van der Waals surface area contributed by atoms with Gasteiger partial charge in [-0.2, -0.15) is 0 Å². The molecule has 1 aromatic heterocycles. The van der Waals surface area contributed by atoms with Crippen LogP contribution in [0.5, 0.6) is 11.5 Å². The third-order valence-corrected chi connectivity index (χ3v) is 3.01. The molecule has 2 rings (SSSR count). The van der Waals surface area contributed by atoms with E-state index in [0.29, 0.717) is 23.8 Å². The SMILES string of the molecule is CCCOc1ccc(/C=C/C(=O)Nc2cccnc2)cc1OC. The van der Waals surface area contributed by atoms with E-state index in [1.54, 1.807) is 37.7 Å². The number of pyridine rings is 1. The van der Waals surface area contributed by atoms with Crippen molar-refractivity contribution in [3.63, 3.8) is 0 Å². The summed E-state index contributed by atoms with van der Waals surface area (Å²) in [7, 11) is 1.59. The normalized spacial score (nSPS) is 10.5. The minimum atomic E-state index is -0.219. The molecule has 1 amide bonds. The largest absolute Gasteiger partial charge is 0.493 e. The molecule has 0 aliphatic heterocycles. The van der Waals surface area contributed by atoms with Crippen LogP contribution in [0.25, 0.3) is 6.08 Å². The minimum Gasteiger partial charge on any atom is -0.493 e. The molecular weight excluding hydrogens is 292 g/mol. The van der Waals surface area contributed by atoms with Crippen LogP contribution in [0.2, 0.25) is 0 Å². The van der Waals surface area contributed by atoms with Gasteiger partial charge in [0.15, 0.2) is 11.5 Å². The van der Waals surface area contributed by atoms with Crippen LogP contribution in [0.1, 0.15) is 18.9 Å². The number of nitrogens with one attached hydrogen (secondary N) is 1. The molecule has 0 bridgehead atoms. The summed E-state index contributed by atoms with van der Waals surface area (Å²) in [6.45, 7) is 2.68. The number of ether oxygens (including phenoxy) is 2. The molecule has 0 saturated carbocycles. The number of benzene rings is 1. The zero-order chi connectivity index (χ0) is 16.5. The first-order chi connectivity index (χ1) is 11.2. The van der Waals surface area contributed by atoms with Gasteiger partial charge in [0.05, 0.1) is 25.6 Å². The molecule has 0 fully saturated rings. The van der Waals surface area contributed by atoms with Gasteiger partial charge >= 0.3 is 0 Å². The van der Waals surface area contributed by atoms with E-state index in [0.717, 1.165) is 12.0 Å². The molecular formula is C18H20N2O3. The van der Waals surface area contributed by atoms with Crippen LogP contribution in [0.15, 0.2) is 48.8 Å². The Balaban J connectivity index is 2.02. The lowest BCUT2D eigenvalue weighted by molar-refractivity contribution is -0.111. The van der Waals surface area contributed by atoms with Crippen LogP contribution >= 0.6 is 0 Å². The highest BCUT2D eigenvalue weighted by molar-refractivity contribution is 6.01. The van der Waals surface area contributed by atoms with E-state index in [-0.39, 0.29) is 5.91 Å². The van der Waals surface area contributed by atoms with Crippen molar-refractivity contribution in [2.45, 2.75) is 13.3 Å². The molecule has 0 atom stereocenters. The fourth-order valence-corrected chi connectivity index (χ4v) is 1.91. The lowest BCUT2D eigenvalue weighted by Gasteiger charge is -2.10. The highest BCUT2D eigenvalue weighted by Gasteiger charge is 2.04. The Bertz CT molecular complexity index is 669. The van der Waals surface area contributed by atoms with Crippen LogP contribution in [0, 0.1) is 0 Å². The monoisotopic (exact) mass is 312 g/mol. The lowest BCUT2D eigenvalue weighted by Crippen LogP contribution is -2.07. The number of rotatable bonds is 7. The molecule has 0 spiro atoms. The van der Waals surface area contributed by atoms with Crippen molar-refractivity contribution in [2.24, 2.45) is 0 Å². The van der Waals surface area contributed by atoms with Gasteiger partial charge in [-0.15, -0.1) is 0 Å². The van der Waals surface area contributed by atoms with Crippen LogP contribution in [0.4, 0.5) is 5.69 Å². The predicted octanol–water partition coefficient (Wildman–Crippen LogP) is 3.53. The summed E-state index contributed by atoms with van der Waals surface area (Å²) in [4.78, 5) is 15.8. The summed E-state index contributed by atoms with van der Waals surface area (Å²) < 4.78 is 10.9. The number of hydrogen-bond acceptors (Lipinski definition) is 4. The summed E-state index contributed by atoms with van der Waals surface area (Å²) in [5.74, 6) is 1.13. The second-order valence-corrected chi connectivity index (χ2v) is 4.82. The molecule has 0 radical (unpaired) electrons. The molecule has 0 saturated heterocycles. The summed E-state index contributed by atoms with van der Waals surface area (Å²) >= 11 is 0. The van der Waals surface area contributed by atoms with Crippen LogP contribution in [-0.4, -0.2) is 24.6 Å². The maximum absolute atomic E-state index is 11.9. The first-order valence-corrected chi connectivity index (χ1v) is 7.43. The third kappa shape index (κ3) is 5.14. The highest BCUT2D eigenvalue weighted by atomic mass is 16.5. The van der Waals surface area contributed by atoms with E-state index in [2.05, 4.69) is 10.3 Å².